The standard InChI is InChI=1S/C12H13F2N3OS/c1-18-3-2-15-7-11-16-17-12(19-11)8-4-9(13)6-10(14)5-8/h4-6,15H,2-3,7H2,1H3. The molecule has 0 radical (unpaired) electrons. The maximum atomic E-state index is 13.1. The zero-order valence-corrected chi connectivity index (χ0v) is 11.1. The Labute approximate surface area is 113 Å². The van der Waals surface area contributed by atoms with Crippen molar-refractivity contribution in [3.63, 3.8) is 0 Å². The molecule has 0 aliphatic heterocycles. The van der Waals surface area contributed by atoms with Gasteiger partial charge in [0.05, 0.1) is 6.61 Å². The molecule has 1 aromatic heterocycles. The highest BCUT2D eigenvalue weighted by molar-refractivity contribution is 7.14. The van der Waals surface area contributed by atoms with Gasteiger partial charge in [0.2, 0.25) is 0 Å². The van der Waals surface area contributed by atoms with Crippen LogP contribution in [0.4, 0.5) is 8.78 Å². The zero-order valence-electron chi connectivity index (χ0n) is 10.3. The molecular formula is C12H13F2N3OS. The summed E-state index contributed by atoms with van der Waals surface area (Å²) < 4.78 is 31.1. The molecule has 0 atom stereocenters. The molecule has 0 aliphatic carbocycles. The van der Waals surface area contributed by atoms with Crippen LogP contribution in [0.5, 0.6) is 0 Å². The van der Waals surface area contributed by atoms with Gasteiger partial charge in [0.1, 0.15) is 21.6 Å². The third-order valence-corrected chi connectivity index (χ3v) is 3.31. The van der Waals surface area contributed by atoms with Gasteiger partial charge >= 0.3 is 0 Å². The molecule has 0 amide bonds. The fourth-order valence-electron chi connectivity index (χ4n) is 1.49. The molecule has 0 fully saturated rings. The topological polar surface area (TPSA) is 47.0 Å². The summed E-state index contributed by atoms with van der Waals surface area (Å²) in [6, 6.07) is 3.31. The minimum Gasteiger partial charge on any atom is -0.383 e. The molecule has 4 nitrogen and oxygen atoms in total. The van der Waals surface area contributed by atoms with Crippen LogP contribution >= 0.6 is 11.3 Å². The number of methoxy groups -OCH3 is 1. The third kappa shape index (κ3) is 4.02. The summed E-state index contributed by atoms with van der Waals surface area (Å²) in [4.78, 5) is 0. The van der Waals surface area contributed by atoms with E-state index in [2.05, 4.69) is 15.5 Å². The van der Waals surface area contributed by atoms with E-state index in [-0.39, 0.29) is 0 Å². The van der Waals surface area contributed by atoms with Gasteiger partial charge in [0, 0.05) is 31.8 Å². The molecule has 0 unspecified atom stereocenters. The molecule has 19 heavy (non-hydrogen) atoms. The maximum Gasteiger partial charge on any atom is 0.148 e. The largest absolute Gasteiger partial charge is 0.383 e. The summed E-state index contributed by atoms with van der Waals surface area (Å²) in [5.41, 5.74) is 0.401. The van der Waals surface area contributed by atoms with Crippen molar-refractivity contribution in [2.45, 2.75) is 6.54 Å². The van der Waals surface area contributed by atoms with Crippen LogP contribution in [0.25, 0.3) is 10.6 Å². The number of aromatic nitrogens is 2. The Hall–Kier alpha value is -1.44. The van der Waals surface area contributed by atoms with Gasteiger partial charge in [-0.1, -0.05) is 11.3 Å². The Bertz CT molecular complexity index is 527. The van der Waals surface area contributed by atoms with Gasteiger partial charge in [-0.25, -0.2) is 8.78 Å². The summed E-state index contributed by atoms with van der Waals surface area (Å²) in [6.45, 7) is 1.87. The first-order chi connectivity index (χ1) is 9.19. The van der Waals surface area contributed by atoms with E-state index < -0.39 is 11.6 Å². The van der Waals surface area contributed by atoms with Gasteiger partial charge < -0.3 is 10.1 Å². The Kier molecular flexibility index (Phi) is 4.89. The minimum atomic E-state index is -0.620. The molecule has 1 N–H and O–H groups in total. The number of nitrogens with one attached hydrogen (secondary N) is 1. The fraction of sp³-hybridized carbons (Fsp3) is 0.333. The molecule has 0 bridgehead atoms. The molecule has 0 spiro atoms. The van der Waals surface area contributed by atoms with Crippen molar-refractivity contribution in [1.29, 1.82) is 0 Å². The number of benzene rings is 1. The summed E-state index contributed by atoms with van der Waals surface area (Å²) >= 11 is 1.30. The van der Waals surface area contributed by atoms with E-state index in [9.17, 15) is 8.78 Å². The van der Waals surface area contributed by atoms with E-state index in [1.807, 2.05) is 0 Å². The van der Waals surface area contributed by atoms with E-state index >= 15 is 0 Å². The van der Waals surface area contributed by atoms with Crippen molar-refractivity contribution < 1.29 is 13.5 Å². The average molecular weight is 285 g/mol. The summed E-state index contributed by atoms with van der Waals surface area (Å²) in [5.74, 6) is -1.24. The lowest BCUT2D eigenvalue weighted by Crippen LogP contribution is -2.18. The number of rotatable bonds is 6. The molecule has 1 heterocycles. The van der Waals surface area contributed by atoms with Crippen molar-refractivity contribution in [1.82, 2.24) is 15.5 Å². The van der Waals surface area contributed by atoms with Crippen LogP contribution < -0.4 is 5.32 Å². The molecular weight excluding hydrogens is 272 g/mol. The monoisotopic (exact) mass is 285 g/mol. The van der Waals surface area contributed by atoms with Crippen molar-refractivity contribution in [3.05, 3.63) is 34.8 Å². The number of hydrogen-bond donors (Lipinski definition) is 1. The highest BCUT2D eigenvalue weighted by atomic mass is 32.1. The van der Waals surface area contributed by atoms with E-state index in [1.54, 1.807) is 7.11 Å². The SMILES string of the molecule is COCCNCc1nnc(-c2cc(F)cc(F)c2)s1. The molecule has 0 saturated carbocycles. The van der Waals surface area contributed by atoms with Crippen molar-refractivity contribution >= 4 is 11.3 Å². The van der Waals surface area contributed by atoms with Crippen LogP contribution in [0.1, 0.15) is 5.01 Å². The first-order valence-electron chi connectivity index (χ1n) is 5.67. The van der Waals surface area contributed by atoms with Gasteiger partial charge in [0.25, 0.3) is 0 Å². The van der Waals surface area contributed by atoms with Crippen LogP contribution in [0.15, 0.2) is 18.2 Å². The lowest BCUT2D eigenvalue weighted by molar-refractivity contribution is 0.199. The molecule has 0 aliphatic rings. The van der Waals surface area contributed by atoms with Crippen LogP contribution in [-0.2, 0) is 11.3 Å². The second kappa shape index (κ2) is 6.65. The fourth-order valence-corrected chi connectivity index (χ4v) is 2.28. The summed E-state index contributed by atoms with van der Waals surface area (Å²) in [6.07, 6.45) is 0. The van der Waals surface area contributed by atoms with Crippen LogP contribution in [0, 0.1) is 11.6 Å². The maximum absolute atomic E-state index is 13.1. The number of hydrogen-bond acceptors (Lipinski definition) is 5. The third-order valence-electron chi connectivity index (χ3n) is 2.34. The normalized spacial score (nSPS) is 10.9. The smallest absolute Gasteiger partial charge is 0.148 e. The van der Waals surface area contributed by atoms with Gasteiger partial charge in [-0.15, -0.1) is 10.2 Å². The van der Waals surface area contributed by atoms with E-state index in [4.69, 9.17) is 4.74 Å². The van der Waals surface area contributed by atoms with Crippen molar-refractivity contribution in [2.75, 3.05) is 20.3 Å². The van der Waals surface area contributed by atoms with Gasteiger partial charge in [-0.3, -0.25) is 0 Å². The van der Waals surface area contributed by atoms with Crippen LogP contribution in [0.3, 0.4) is 0 Å². The van der Waals surface area contributed by atoms with Crippen molar-refractivity contribution in [2.24, 2.45) is 0 Å². The Balaban J connectivity index is 2.03. The lowest BCUT2D eigenvalue weighted by atomic mass is 10.2. The Morgan fingerprint density at radius 2 is 1.95 bits per heavy atom. The lowest BCUT2D eigenvalue weighted by Gasteiger charge is -1.99. The van der Waals surface area contributed by atoms with Gasteiger partial charge in [-0.2, -0.15) is 0 Å². The van der Waals surface area contributed by atoms with Crippen LogP contribution in [0.2, 0.25) is 0 Å². The number of halogens is 2. The van der Waals surface area contributed by atoms with Gasteiger partial charge in [0.15, 0.2) is 0 Å². The molecule has 1 aromatic carbocycles. The molecule has 7 heteroatoms. The zero-order chi connectivity index (χ0) is 13.7. The van der Waals surface area contributed by atoms with Gasteiger partial charge in [-0.05, 0) is 12.1 Å². The molecule has 0 saturated heterocycles. The minimum absolute atomic E-state index is 0.401. The molecule has 102 valence electrons. The highest BCUT2D eigenvalue weighted by Crippen LogP contribution is 2.24. The summed E-state index contributed by atoms with van der Waals surface area (Å²) in [7, 11) is 1.63. The molecule has 2 rings (SSSR count). The van der Waals surface area contributed by atoms with E-state index in [1.165, 1.54) is 23.5 Å². The Morgan fingerprint density at radius 3 is 2.63 bits per heavy atom. The van der Waals surface area contributed by atoms with E-state index in [0.717, 1.165) is 11.1 Å². The quantitative estimate of drug-likeness (QED) is 0.827. The first kappa shape index (κ1) is 14.0. The van der Waals surface area contributed by atoms with E-state index in [0.29, 0.717) is 30.3 Å². The summed E-state index contributed by atoms with van der Waals surface area (Å²) in [5, 5.41) is 12.3. The predicted octanol–water partition coefficient (Wildman–Crippen LogP) is 2.22. The van der Waals surface area contributed by atoms with Crippen LogP contribution in [-0.4, -0.2) is 30.5 Å². The second-order valence-electron chi connectivity index (χ2n) is 3.83. The first-order valence-corrected chi connectivity index (χ1v) is 6.49. The number of nitrogens with zero attached hydrogens (tertiary/aromatic N) is 2. The second-order valence-corrected chi connectivity index (χ2v) is 4.89. The average Bonchev–Trinajstić information content (AvgIpc) is 2.82. The molecule has 2 aromatic rings. The number of ether oxygens (including phenoxy) is 1. The highest BCUT2D eigenvalue weighted by Gasteiger charge is 2.09. The van der Waals surface area contributed by atoms with Crippen molar-refractivity contribution in [3.8, 4) is 10.6 Å². The Morgan fingerprint density at radius 1 is 1.21 bits per heavy atom. The predicted molar refractivity (Wildman–Crippen MR) is 68.8 cm³/mol.